The number of anilines is 1. The van der Waals surface area contributed by atoms with E-state index in [1.54, 1.807) is 12.1 Å². The molecule has 158 valence electrons. The maximum Gasteiger partial charge on any atom is 0.341 e. The molecule has 0 fully saturated rings. The Balaban J connectivity index is 2.45. The molecule has 1 aromatic carbocycles. The van der Waals surface area contributed by atoms with Crippen molar-refractivity contribution in [3.8, 4) is 17.2 Å². The maximum atomic E-state index is 13.0. The summed E-state index contributed by atoms with van der Waals surface area (Å²) in [7, 11) is 1.32. The van der Waals surface area contributed by atoms with E-state index in [4.69, 9.17) is 18.9 Å². The Bertz CT molecular complexity index is 863. The third kappa shape index (κ3) is 5.00. The van der Waals surface area contributed by atoms with Gasteiger partial charge in [0.15, 0.2) is 11.5 Å². The van der Waals surface area contributed by atoms with Crippen LogP contribution in [0.1, 0.15) is 51.9 Å². The smallest absolute Gasteiger partial charge is 0.341 e. The second-order valence-corrected chi connectivity index (χ2v) is 7.26. The molecule has 0 aliphatic rings. The number of rotatable bonds is 9. The summed E-state index contributed by atoms with van der Waals surface area (Å²) in [5.74, 6) is 0.445. The minimum Gasteiger partial charge on any atom is -0.490 e. The topological polar surface area (TPSA) is 83.1 Å². The molecule has 2 rings (SSSR count). The molecule has 0 spiro atoms. The van der Waals surface area contributed by atoms with Crippen molar-refractivity contribution in [3.05, 3.63) is 33.7 Å². The Morgan fingerprint density at radius 1 is 0.966 bits per heavy atom. The molecule has 1 amide bonds. The van der Waals surface area contributed by atoms with Crippen LogP contribution in [0.25, 0.3) is 0 Å². The van der Waals surface area contributed by atoms with E-state index < -0.39 is 5.97 Å². The Labute approximate surface area is 174 Å². The van der Waals surface area contributed by atoms with E-state index in [2.05, 4.69) is 5.32 Å². The number of methoxy groups -OCH3 is 1. The number of benzene rings is 1. The minimum atomic E-state index is -0.487. The fourth-order valence-electron chi connectivity index (χ4n) is 2.76. The van der Waals surface area contributed by atoms with Crippen molar-refractivity contribution in [1.29, 1.82) is 0 Å². The van der Waals surface area contributed by atoms with Crippen LogP contribution in [0.4, 0.5) is 5.00 Å². The van der Waals surface area contributed by atoms with Crippen LogP contribution in [0.2, 0.25) is 0 Å². The Kier molecular flexibility index (Phi) is 7.90. The highest BCUT2D eigenvalue weighted by Crippen LogP contribution is 2.40. The lowest BCUT2D eigenvalue weighted by molar-refractivity contribution is 0.0601. The molecule has 0 atom stereocenters. The van der Waals surface area contributed by atoms with Crippen LogP contribution in [0.15, 0.2) is 12.1 Å². The molecule has 0 saturated heterocycles. The molecule has 29 heavy (non-hydrogen) atoms. The molecule has 0 unspecified atom stereocenters. The lowest BCUT2D eigenvalue weighted by Gasteiger charge is -2.17. The normalized spacial score (nSPS) is 10.4. The molecule has 0 bridgehead atoms. The van der Waals surface area contributed by atoms with Gasteiger partial charge in [0, 0.05) is 10.4 Å². The van der Waals surface area contributed by atoms with Gasteiger partial charge < -0.3 is 24.3 Å². The lowest BCUT2D eigenvalue weighted by atomic mass is 10.1. The molecular weight excluding hydrogens is 394 g/mol. The van der Waals surface area contributed by atoms with E-state index in [1.807, 2.05) is 34.6 Å². The van der Waals surface area contributed by atoms with Crippen LogP contribution in [0.5, 0.6) is 17.2 Å². The minimum absolute atomic E-state index is 0.333. The molecule has 1 aromatic heterocycles. The number of hydrogen-bond donors (Lipinski definition) is 1. The van der Waals surface area contributed by atoms with Crippen molar-refractivity contribution in [2.24, 2.45) is 0 Å². The zero-order chi connectivity index (χ0) is 21.6. The lowest BCUT2D eigenvalue weighted by Crippen LogP contribution is -2.15. The van der Waals surface area contributed by atoms with Gasteiger partial charge in [0.2, 0.25) is 5.75 Å². The van der Waals surface area contributed by atoms with Gasteiger partial charge in [-0.3, -0.25) is 4.79 Å². The van der Waals surface area contributed by atoms with Gasteiger partial charge in [-0.1, -0.05) is 0 Å². The number of nitrogens with one attached hydrogen (secondary N) is 1. The van der Waals surface area contributed by atoms with Gasteiger partial charge >= 0.3 is 5.97 Å². The van der Waals surface area contributed by atoms with E-state index in [1.165, 1.54) is 18.4 Å². The van der Waals surface area contributed by atoms with Gasteiger partial charge in [0.25, 0.3) is 5.91 Å². The number of hydrogen-bond acceptors (Lipinski definition) is 7. The Hall–Kier alpha value is -2.74. The van der Waals surface area contributed by atoms with Crippen molar-refractivity contribution in [1.82, 2.24) is 0 Å². The van der Waals surface area contributed by atoms with Gasteiger partial charge in [-0.15, -0.1) is 11.3 Å². The Morgan fingerprint density at radius 3 is 2.00 bits per heavy atom. The van der Waals surface area contributed by atoms with Gasteiger partial charge in [0.05, 0.1) is 32.5 Å². The van der Waals surface area contributed by atoms with Crippen LogP contribution in [0.3, 0.4) is 0 Å². The van der Waals surface area contributed by atoms with Crippen molar-refractivity contribution in [2.75, 3.05) is 32.2 Å². The summed E-state index contributed by atoms with van der Waals surface area (Å²) >= 11 is 1.33. The first kappa shape index (κ1) is 22.5. The molecule has 0 radical (unpaired) electrons. The van der Waals surface area contributed by atoms with E-state index in [9.17, 15) is 9.59 Å². The fourth-order valence-corrected chi connectivity index (χ4v) is 3.80. The number of carbonyl (C=O) groups excluding carboxylic acids is 2. The third-order valence-corrected chi connectivity index (χ3v) is 5.30. The molecule has 7 nitrogen and oxygen atoms in total. The summed E-state index contributed by atoms with van der Waals surface area (Å²) in [6, 6.07) is 3.22. The summed E-state index contributed by atoms with van der Waals surface area (Å²) < 4.78 is 21.9. The summed E-state index contributed by atoms with van der Waals surface area (Å²) in [4.78, 5) is 26.1. The highest BCUT2D eigenvalue weighted by Gasteiger charge is 2.24. The zero-order valence-electron chi connectivity index (χ0n) is 17.6. The average Bonchev–Trinajstić information content (AvgIpc) is 2.97. The first-order valence-electron chi connectivity index (χ1n) is 9.43. The number of ether oxygens (including phenoxy) is 4. The largest absolute Gasteiger partial charge is 0.490 e. The predicted molar refractivity (Wildman–Crippen MR) is 113 cm³/mol. The van der Waals surface area contributed by atoms with E-state index >= 15 is 0 Å². The van der Waals surface area contributed by atoms with Crippen molar-refractivity contribution in [2.45, 2.75) is 34.6 Å². The van der Waals surface area contributed by atoms with Gasteiger partial charge in [-0.05, 0) is 52.3 Å². The number of esters is 1. The van der Waals surface area contributed by atoms with Crippen LogP contribution < -0.4 is 19.5 Å². The van der Waals surface area contributed by atoms with E-state index in [-0.39, 0.29) is 5.91 Å². The highest BCUT2D eigenvalue weighted by atomic mass is 32.1. The Morgan fingerprint density at radius 2 is 1.52 bits per heavy atom. The molecule has 0 aliphatic heterocycles. The van der Waals surface area contributed by atoms with E-state index in [0.717, 1.165) is 10.4 Å². The monoisotopic (exact) mass is 421 g/mol. The van der Waals surface area contributed by atoms with Crippen LogP contribution in [-0.4, -0.2) is 38.8 Å². The quantitative estimate of drug-likeness (QED) is 0.596. The molecule has 0 saturated carbocycles. The molecule has 1 heterocycles. The SMILES string of the molecule is CCOc1cc(C(=O)Nc2sc(C)c(C)c2C(=O)OC)cc(OCC)c1OCC. The van der Waals surface area contributed by atoms with Crippen molar-refractivity contribution in [3.63, 3.8) is 0 Å². The standard InChI is InChI=1S/C21H27NO6S/c1-7-26-15-10-14(11-16(27-8-2)18(15)28-9-3)19(23)22-20-17(21(24)25-6)12(4)13(5)29-20/h10-11H,7-9H2,1-6H3,(H,22,23). The van der Waals surface area contributed by atoms with Crippen LogP contribution in [-0.2, 0) is 4.74 Å². The molecule has 0 aliphatic carbocycles. The van der Waals surface area contributed by atoms with Gasteiger partial charge in [-0.25, -0.2) is 4.79 Å². The second-order valence-electron chi connectivity index (χ2n) is 6.03. The van der Waals surface area contributed by atoms with Crippen molar-refractivity contribution >= 4 is 28.2 Å². The molecule has 1 N–H and O–H groups in total. The maximum absolute atomic E-state index is 13.0. The number of thiophene rings is 1. The van der Waals surface area contributed by atoms with Gasteiger partial charge in [-0.2, -0.15) is 0 Å². The number of carbonyl (C=O) groups is 2. The molecule has 2 aromatic rings. The van der Waals surface area contributed by atoms with Crippen LogP contribution in [0, 0.1) is 13.8 Å². The summed E-state index contributed by atoms with van der Waals surface area (Å²) in [5.41, 5.74) is 1.48. The van der Waals surface area contributed by atoms with E-state index in [0.29, 0.717) is 53.2 Å². The number of amides is 1. The third-order valence-electron chi connectivity index (χ3n) is 4.17. The second kappa shape index (κ2) is 10.2. The fraction of sp³-hybridized carbons (Fsp3) is 0.429. The summed E-state index contributed by atoms with van der Waals surface area (Å²) in [5, 5.41) is 3.27. The average molecular weight is 422 g/mol. The first-order chi connectivity index (χ1) is 13.9. The summed E-state index contributed by atoms with van der Waals surface area (Å²) in [6.45, 7) is 10.5. The first-order valence-corrected chi connectivity index (χ1v) is 10.2. The van der Waals surface area contributed by atoms with Crippen LogP contribution >= 0.6 is 11.3 Å². The zero-order valence-corrected chi connectivity index (χ0v) is 18.5. The molecule has 8 heteroatoms. The summed E-state index contributed by atoms with van der Waals surface area (Å²) in [6.07, 6.45) is 0. The van der Waals surface area contributed by atoms with Crippen molar-refractivity contribution < 1.29 is 28.5 Å². The van der Waals surface area contributed by atoms with Gasteiger partial charge in [0.1, 0.15) is 5.00 Å². The number of aryl methyl sites for hydroxylation is 1. The predicted octanol–water partition coefficient (Wildman–Crippen LogP) is 4.60. The molecular formula is C21H27NO6S. The highest BCUT2D eigenvalue weighted by molar-refractivity contribution is 7.16.